The van der Waals surface area contributed by atoms with Gasteiger partial charge in [0, 0.05) is 11.8 Å². The highest BCUT2D eigenvalue weighted by Gasteiger charge is 2.12. The molecule has 17 heavy (non-hydrogen) atoms. The Kier molecular flexibility index (Phi) is 2.92. The van der Waals surface area contributed by atoms with Crippen LogP contribution in [0.4, 0.5) is 5.69 Å². The lowest BCUT2D eigenvalue weighted by Gasteiger charge is -2.00. The zero-order chi connectivity index (χ0) is 12.4. The first-order valence-electron chi connectivity index (χ1n) is 4.56. The van der Waals surface area contributed by atoms with Crippen LogP contribution in [0.15, 0.2) is 18.2 Å². The lowest BCUT2D eigenvalue weighted by molar-refractivity contribution is -0.385. The minimum atomic E-state index is -0.573. The normalized spacial score (nSPS) is 10.2. The number of pyridine rings is 1. The molecule has 0 spiro atoms. The van der Waals surface area contributed by atoms with Gasteiger partial charge in [0.05, 0.1) is 17.1 Å². The standard InChI is InChI=1S/C9H7ClN4O3/c1-5-2-9(13-12-5)17-8-4-6(14(15)16)3-7(10)11-8/h2-4H,1H3,(H,12,13). The van der Waals surface area contributed by atoms with Crippen LogP contribution in [0, 0.1) is 17.0 Å². The first-order chi connectivity index (χ1) is 8.04. The third-order valence-electron chi connectivity index (χ3n) is 1.86. The summed E-state index contributed by atoms with van der Waals surface area (Å²) in [6, 6.07) is 3.95. The Bertz CT molecular complexity index is 569. The van der Waals surface area contributed by atoms with E-state index in [9.17, 15) is 10.1 Å². The number of hydrogen-bond donors (Lipinski definition) is 1. The molecule has 88 valence electrons. The molecule has 1 N–H and O–H groups in total. The van der Waals surface area contributed by atoms with Gasteiger partial charge in [0.15, 0.2) is 0 Å². The summed E-state index contributed by atoms with van der Waals surface area (Å²) >= 11 is 5.64. The number of H-pyrrole nitrogens is 1. The van der Waals surface area contributed by atoms with E-state index in [0.717, 1.165) is 11.8 Å². The zero-order valence-corrected chi connectivity index (χ0v) is 9.43. The maximum atomic E-state index is 10.6. The molecule has 8 heteroatoms. The number of ether oxygens (including phenoxy) is 1. The average molecular weight is 255 g/mol. The molecule has 0 bridgehead atoms. The third kappa shape index (κ3) is 2.70. The van der Waals surface area contributed by atoms with E-state index in [2.05, 4.69) is 15.2 Å². The number of aryl methyl sites for hydroxylation is 1. The second kappa shape index (κ2) is 4.38. The van der Waals surface area contributed by atoms with Crippen LogP contribution in [0.1, 0.15) is 5.69 Å². The summed E-state index contributed by atoms with van der Waals surface area (Å²) in [5.74, 6) is 0.294. The lowest BCUT2D eigenvalue weighted by atomic mass is 10.4. The topological polar surface area (TPSA) is 93.9 Å². The molecule has 0 saturated carbocycles. The fourth-order valence-corrected chi connectivity index (χ4v) is 1.37. The van der Waals surface area contributed by atoms with Crippen molar-refractivity contribution in [2.75, 3.05) is 0 Å². The molecule has 2 aromatic heterocycles. The molecule has 0 aliphatic rings. The summed E-state index contributed by atoms with van der Waals surface area (Å²) in [5.41, 5.74) is 0.615. The smallest absolute Gasteiger partial charge is 0.277 e. The van der Waals surface area contributed by atoms with Crippen LogP contribution >= 0.6 is 11.6 Å². The summed E-state index contributed by atoms with van der Waals surface area (Å²) < 4.78 is 5.23. The van der Waals surface area contributed by atoms with E-state index in [1.165, 1.54) is 6.07 Å². The van der Waals surface area contributed by atoms with E-state index in [0.29, 0.717) is 0 Å². The van der Waals surface area contributed by atoms with Gasteiger partial charge in [0.2, 0.25) is 11.8 Å². The summed E-state index contributed by atoms with van der Waals surface area (Å²) in [7, 11) is 0. The summed E-state index contributed by atoms with van der Waals surface area (Å²) in [6.45, 7) is 1.80. The molecule has 0 saturated heterocycles. The van der Waals surface area contributed by atoms with Crippen molar-refractivity contribution >= 4 is 17.3 Å². The van der Waals surface area contributed by atoms with E-state index < -0.39 is 4.92 Å². The number of nitro groups is 1. The van der Waals surface area contributed by atoms with Crippen LogP contribution in [0.2, 0.25) is 5.15 Å². The van der Waals surface area contributed by atoms with Crippen molar-refractivity contribution in [1.82, 2.24) is 15.2 Å². The molecule has 0 aromatic carbocycles. The Hall–Kier alpha value is -2.15. The number of aromatic nitrogens is 3. The molecule has 0 aliphatic heterocycles. The first kappa shape index (κ1) is 11.3. The predicted octanol–water partition coefficient (Wildman–Crippen LogP) is 2.47. The predicted molar refractivity (Wildman–Crippen MR) is 59.3 cm³/mol. The molecule has 2 heterocycles. The molecule has 2 aromatic rings. The molecule has 0 radical (unpaired) electrons. The number of nitrogens with one attached hydrogen (secondary N) is 1. The largest absolute Gasteiger partial charge is 0.419 e. The quantitative estimate of drug-likeness (QED) is 0.516. The molecule has 2 rings (SSSR count). The minimum absolute atomic E-state index is 0.0125. The summed E-state index contributed by atoms with van der Waals surface area (Å²) in [5, 5.41) is 17.1. The summed E-state index contributed by atoms with van der Waals surface area (Å²) in [6.07, 6.45) is 0. The Morgan fingerprint density at radius 3 is 2.76 bits per heavy atom. The van der Waals surface area contributed by atoms with Gasteiger partial charge in [-0.3, -0.25) is 15.2 Å². The number of hydrogen-bond acceptors (Lipinski definition) is 5. The fourth-order valence-electron chi connectivity index (χ4n) is 1.17. The van der Waals surface area contributed by atoms with Gasteiger partial charge < -0.3 is 4.74 Å². The van der Waals surface area contributed by atoms with Gasteiger partial charge in [-0.2, -0.15) is 0 Å². The minimum Gasteiger partial charge on any atom is -0.419 e. The molecule has 0 aliphatic carbocycles. The van der Waals surface area contributed by atoms with Crippen molar-refractivity contribution in [1.29, 1.82) is 0 Å². The number of halogens is 1. The average Bonchev–Trinajstić information content (AvgIpc) is 2.63. The molecule has 0 fully saturated rings. The Morgan fingerprint density at radius 1 is 1.41 bits per heavy atom. The van der Waals surface area contributed by atoms with Crippen molar-refractivity contribution < 1.29 is 9.66 Å². The van der Waals surface area contributed by atoms with Crippen LogP contribution in [-0.2, 0) is 0 Å². The van der Waals surface area contributed by atoms with Crippen molar-refractivity contribution in [2.24, 2.45) is 0 Å². The van der Waals surface area contributed by atoms with E-state index in [1.807, 2.05) is 0 Å². The van der Waals surface area contributed by atoms with E-state index in [-0.39, 0.29) is 22.6 Å². The molecule has 0 amide bonds. The van der Waals surface area contributed by atoms with E-state index >= 15 is 0 Å². The van der Waals surface area contributed by atoms with Crippen LogP contribution in [0.25, 0.3) is 0 Å². The fraction of sp³-hybridized carbons (Fsp3) is 0.111. The Morgan fingerprint density at radius 2 is 2.18 bits per heavy atom. The van der Waals surface area contributed by atoms with E-state index in [4.69, 9.17) is 16.3 Å². The third-order valence-corrected chi connectivity index (χ3v) is 2.05. The van der Waals surface area contributed by atoms with Crippen molar-refractivity contribution in [3.05, 3.63) is 39.2 Å². The molecular weight excluding hydrogens is 248 g/mol. The molecule has 0 unspecified atom stereocenters. The number of nitrogens with zero attached hydrogens (tertiary/aromatic N) is 3. The second-order valence-corrected chi connectivity index (χ2v) is 3.62. The highest BCUT2D eigenvalue weighted by molar-refractivity contribution is 6.29. The number of aromatic amines is 1. The van der Waals surface area contributed by atoms with Crippen molar-refractivity contribution in [3.63, 3.8) is 0 Å². The lowest BCUT2D eigenvalue weighted by Crippen LogP contribution is -1.93. The van der Waals surface area contributed by atoms with Gasteiger partial charge in [-0.25, -0.2) is 4.98 Å². The van der Waals surface area contributed by atoms with Gasteiger partial charge >= 0.3 is 0 Å². The van der Waals surface area contributed by atoms with Crippen LogP contribution in [0.3, 0.4) is 0 Å². The van der Waals surface area contributed by atoms with Gasteiger partial charge in [-0.05, 0) is 6.92 Å². The van der Waals surface area contributed by atoms with Gasteiger partial charge in [-0.1, -0.05) is 11.6 Å². The molecule has 7 nitrogen and oxygen atoms in total. The highest BCUT2D eigenvalue weighted by atomic mass is 35.5. The Labute approximate surface area is 101 Å². The SMILES string of the molecule is Cc1cc(Oc2cc([N+](=O)[O-])cc(Cl)n2)n[nH]1. The van der Waals surface area contributed by atoms with E-state index in [1.54, 1.807) is 13.0 Å². The first-order valence-corrected chi connectivity index (χ1v) is 4.94. The Balaban J connectivity index is 2.29. The monoisotopic (exact) mass is 254 g/mol. The second-order valence-electron chi connectivity index (χ2n) is 3.23. The zero-order valence-electron chi connectivity index (χ0n) is 8.68. The van der Waals surface area contributed by atoms with Gasteiger partial charge in [0.1, 0.15) is 5.15 Å². The van der Waals surface area contributed by atoms with Crippen LogP contribution < -0.4 is 4.74 Å². The molecular formula is C9H7ClN4O3. The number of rotatable bonds is 3. The van der Waals surface area contributed by atoms with Crippen molar-refractivity contribution in [3.8, 4) is 11.8 Å². The maximum Gasteiger partial charge on any atom is 0.277 e. The maximum absolute atomic E-state index is 10.6. The van der Waals surface area contributed by atoms with Gasteiger partial charge in [0.25, 0.3) is 5.69 Å². The van der Waals surface area contributed by atoms with Crippen LogP contribution in [0.5, 0.6) is 11.8 Å². The molecule has 0 atom stereocenters. The van der Waals surface area contributed by atoms with Crippen molar-refractivity contribution in [2.45, 2.75) is 6.92 Å². The summed E-state index contributed by atoms with van der Waals surface area (Å²) in [4.78, 5) is 13.8. The van der Waals surface area contributed by atoms with Crippen LogP contribution in [-0.4, -0.2) is 20.1 Å². The highest BCUT2D eigenvalue weighted by Crippen LogP contribution is 2.25. The van der Waals surface area contributed by atoms with Gasteiger partial charge in [-0.15, -0.1) is 5.10 Å².